The number of nitrogens with zero attached hydrogens (tertiary/aromatic N) is 2. The normalized spacial score (nSPS) is 10.7. The maximum atomic E-state index is 5.68. The quantitative estimate of drug-likeness (QED) is 0.828. The van der Waals surface area contributed by atoms with Crippen molar-refractivity contribution in [3.63, 3.8) is 0 Å². The van der Waals surface area contributed by atoms with Crippen molar-refractivity contribution in [2.45, 2.75) is 6.54 Å². The molecule has 102 valence electrons. The fourth-order valence-corrected chi connectivity index (χ4v) is 1.56. The summed E-state index contributed by atoms with van der Waals surface area (Å²) in [7, 11) is 4.05. The molecule has 5 heteroatoms. The monoisotopic (exact) mass is 261 g/mol. The van der Waals surface area contributed by atoms with E-state index in [0.717, 1.165) is 23.7 Å². The molecule has 0 aliphatic heterocycles. The van der Waals surface area contributed by atoms with Gasteiger partial charge in [0.1, 0.15) is 18.1 Å². The Morgan fingerprint density at radius 1 is 1.37 bits per heavy atom. The molecule has 0 spiro atoms. The fraction of sp³-hybridized carbons (Fsp3) is 0.357. The number of nitrogens with one attached hydrogen (secondary N) is 1. The Morgan fingerprint density at radius 3 is 3.00 bits per heavy atom. The smallest absolute Gasteiger partial charge is 0.180 e. The molecule has 0 radical (unpaired) electrons. The number of hydrogen-bond acceptors (Lipinski definition) is 5. The number of hydrogen-bond donors (Lipinski definition) is 1. The second-order valence-corrected chi connectivity index (χ2v) is 4.50. The fourth-order valence-electron chi connectivity index (χ4n) is 1.56. The molecule has 0 bridgehead atoms. The van der Waals surface area contributed by atoms with Gasteiger partial charge in [0.2, 0.25) is 0 Å². The highest BCUT2D eigenvalue weighted by Gasteiger charge is 1.99. The number of ether oxygens (including phenoxy) is 1. The van der Waals surface area contributed by atoms with E-state index in [0.29, 0.717) is 13.2 Å². The molecule has 0 aliphatic rings. The van der Waals surface area contributed by atoms with Gasteiger partial charge in [0.15, 0.2) is 6.39 Å². The van der Waals surface area contributed by atoms with Gasteiger partial charge in [-0.2, -0.15) is 0 Å². The predicted octanol–water partition coefficient (Wildman–Crippen LogP) is 2.23. The summed E-state index contributed by atoms with van der Waals surface area (Å²) in [6.45, 7) is 2.19. The molecule has 2 rings (SSSR count). The van der Waals surface area contributed by atoms with Gasteiger partial charge in [-0.3, -0.25) is 0 Å². The van der Waals surface area contributed by atoms with Crippen molar-refractivity contribution in [1.82, 2.24) is 9.88 Å². The van der Waals surface area contributed by atoms with E-state index < -0.39 is 0 Å². The molecule has 0 unspecified atom stereocenters. The summed E-state index contributed by atoms with van der Waals surface area (Å²) >= 11 is 0. The summed E-state index contributed by atoms with van der Waals surface area (Å²) in [6.07, 6.45) is 3.13. The molecule has 1 N–H and O–H groups in total. The third-order valence-electron chi connectivity index (χ3n) is 2.59. The van der Waals surface area contributed by atoms with Crippen LogP contribution in [-0.4, -0.2) is 37.1 Å². The summed E-state index contributed by atoms with van der Waals surface area (Å²) in [4.78, 5) is 5.96. The number of oxazole rings is 1. The van der Waals surface area contributed by atoms with Crippen LogP contribution in [0.15, 0.2) is 41.3 Å². The van der Waals surface area contributed by atoms with Gasteiger partial charge in [-0.15, -0.1) is 0 Å². The Balaban J connectivity index is 1.84. The highest BCUT2D eigenvalue weighted by molar-refractivity contribution is 5.48. The first-order valence-corrected chi connectivity index (χ1v) is 6.23. The minimum Gasteiger partial charge on any atom is -0.492 e. The average molecular weight is 261 g/mol. The van der Waals surface area contributed by atoms with Crippen molar-refractivity contribution in [1.29, 1.82) is 0 Å². The molecule has 0 saturated carbocycles. The van der Waals surface area contributed by atoms with Crippen LogP contribution in [0.4, 0.5) is 5.69 Å². The van der Waals surface area contributed by atoms with Gasteiger partial charge in [-0.25, -0.2) is 4.98 Å². The zero-order valence-corrected chi connectivity index (χ0v) is 11.3. The van der Waals surface area contributed by atoms with Crippen molar-refractivity contribution in [2.24, 2.45) is 0 Å². The van der Waals surface area contributed by atoms with Gasteiger partial charge in [-0.05, 0) is 26.2 Å². The van der Waals surface area contributed by atoms with Gasteiger partial charge in [0, 0.05) is 18.3 Å². The van der Waals surface area contributed by atoms with Gasteiger partial charge in [-0.1, -0.05) is 6.07 Å². The lowest BCUT2D eigenvalue weighted by molar-refractivity contribution is 0.261. The Bertz CT molecular complexity index is 483. The van der Waals surface area contributed by atoms with Gasteiger partial charge < -0.3 is 19.4 Å². The molecule has 0 aliphatic carbocycles. The van der Waals surface area contributed by atoms with Crippen molar-refractivity contribution in [3.05, 3.63) is 42.6 Å². The lowest BCUT2D eigenvalue weighted by atomic mass is 10.3. The first-order valence-electron chi connectivity index (χ1n) is 6.23. The van der Waals surface area contributed by atoms with E-state index in [1.54, 1.807) is 6.20 Å². The summed E-state index contributed by atoms with van der Waals surface area (Å²) in [5.74, 6) is 1.67. The molecule has 0 atom stereocenters. The first kappa shape index (κ1) is 13.4. The maximum absolute atomic E-state index is 5.68. The van der Waals surface area contributed by atoms with E-state index in [1.807, 2.05) is 38.4 Å². The number of benzene rings is 1. The van der Waals surface area contributed by atoms with Gasteiger partial charge >= 0.3 is 0 Å². The van der Waals surface area contributed by atoms with Crippen LogP contribution in [0.3, 0.4) is 0 Å². The van der Waals surface area contributed by atoms with Crippen molar-refractivity contribution >= 4 is 5.69 Å². The number of likely N-dealkylation sites (N-methyl/N-ethyl adjacent to an activating group) is 1. The van der Waals surface area contributed by atoms with Crippen LogP contribution in [0.5, 0.6) is 5.75 Å². The highest BCUT2D eigenvalue weighted by Crippen LogP contribution is 2.18. The van der Waals surface area contributed by atoms with Crippen LogP contribution < -0.4 is 10.1 Å². The number of anilines is 1. The van der Waals surface area contributed by atoms with Gasteiger partial charge in [0.05, 0.1) is 12.7 Å². The molecular weight excluding hydrogens is 242 g/mol. The lowest BCUT2D eigenvalue weighted by Gasteiger charge is -2.12. The first-order chi connectivity index (χ1) is 9.24. The zero-order chi connectivity index (χ0) is 13.5. The Kier molecular flexibility index (Phi) is 4.80. The van der Waals surface area contributed by atoms with Gasteiger partial charge in [0.25, 0.3) is 0 Å². The van der Waals surface area contributed by atoms with Crippen LogP contribution in [0, 0.1) is 0 Å². The molecule has 5 nitrogen and oxygen atoms in total. The van der Waals surface area contributed by atoms with Crippen LogP contribution in [-0.2, 0) is 6.54 Å². The Morgan fingerprint density at radius 2 is 2.26 bits per heavy atom. The van der Waals surface area contributed by atoms with E-state index in [-0.39, 0.29) is 0 Å². The third-order valence-corrected chi connectivity index (χ3v) is 2.59. The second-order valence-electron chi connectivity index (χ2n) is 4.50. The van der Waals surface area contributed by atoms with Crippen LogP contribution >= 0.6 is 0 Å². The van der Waals surface area contributed by atoms with E-state index in [4.69, 9.17) is 9.15 Å². The van der Waals surface area contributed by atoms with Crippen molar-refractivity contribution in [2.75, 3.05) is 32.6 Å². The summed E-state index contributed by atoms with van der Waals surface area (Å²) in [6, 6.07) is 7.89. The predicted molar refractivity (Wildman–Crippen MR) is 74.3 cm³/mol. The van der Waals surface area contributed by atoms with E-state index in [1.165, 1.54) is 6.39 Å². The molecular formula is C14H19N3O2. The molecule has 0 saturated heterocycles. The third kappa shape index (κ3) is 4.63. The van der Waals surface area contributed by atoms with Crippen LogP contribution in [0.2, 0.25) is 0 Å². The molecule has 1 aromatic carbocycles. The van der Waals surface area contributed by atoms with Crippen LogP contribution in [0.25, 0.3) is 0 Å². The topological polar surface area (TPSA) is 50.5 Å². The van der Waals surface area contributed by atoms with Crippen molar-refractivity contribution in [3.8, 4) is 5.75 Å². The summed E-state index contributed by atoms with van der Waals surface area (Å²) in [5, 5.41) is 3.26. The van der Waals surface area contributed by atoms with Crippen LogP contribution in [0.1, 0.15) is 5.76 Å². The standard InChI is InChI=1S/C14H19N3O2/c1-17(2)6-7-18-13-5-3-4-12(8-13)16-10-14-9-15-11-19-14/h3-5,8-9,11,16H,6-7,10H2,1-2H3. The van der Waals surface area contributed by atoms with Crippen molar-refractivity contribution < 1.29 is 9.15 Å². The molecule has 19 heavy (non-hydrogen) atoms. The van der Waals surface area contributed by atoms with E-state index >= 15 is 0 Å². The summed E-state index contributed by atoms with van der Waals surface area (Å²) in [5.41, 5.74) is 0.999. The van der Waals surface area contributed by atoms with E-state index in [9.17, 15) is 0 Å². The largest absolute Gasteiger partial charge is 0.492 e. The second kappa shape index (κ2) is 6.80. The maximum Gasteiger partial charge on any atom is 0.180 e. The Labute approximate surface area is 113 Å². The average Bonchev–Trinajstić information content (AvgIpc) is 2.89. The summed E-state index contributed by atoms with van der Waals surface area (Å²) < 4.78 is 10.8. The Hall–Kier alpha value is -2.01. The molecule has 2 aromatic rings. The SMILES string of the molecule is CN(C)CCOc1cccc(NCc2cnco2)c1. The van der Waals surface area contributed by atoms with E-state index in [2.05, 4.69) is 15.2 Å². The molecule has 0 fully saturated rings. The lowest BCUT2D eigenvalue weighted by Crippen LogP contribution is -2.19. The zero-order valence-electron chi connectivity index (χ0n) is 11.3. The minimum atomic E-state index is 0.612. The number of rotatable bonds is 7. The molecule has 1 heterocycles. The molecule has 1 aromatic heterocycles. The number of aromatic nitrogens is 1. The molecule has 0 amide bonds. The highest BCUT2D eigenvalue weighted by atomic mass is 16.5. The minimum absolute atomic E-state index is 0.612.